The molecule has 0 fully saturated rings. The molecule has 0 aliphatic rings. The SMILES string of the molecule is CCCCCn1cc(C(=O)Nc2ccccc2)nc1-c1ccc(SC(C)(C)C(=O)O)cc1. The Labute approximate surface area is 193 Å². The van der Waals surface area contributed by atoms with Crippen molar-refractivity contribution >= 4 is 29.3 Å². The molecular formula is C25H29N3O3S. The fraction of sp³-hybridized carbons (Fsp3) is 0.320. The summed E-state index contributed by atoms with van der Waals surface area (Å²) in [7, 11) is 0. The zero-order valence-corrected chi connectivity index (χ0v) is 19.5. The molecule has 32 heavy (non-hydrogen) atoms. The Morgan fingerprint density at radius 2 is 1.75 bits per heavy atom. The predicted molar refractivity (Wildman–Crippen MR) is 129 cm³/mol. The number of imidazole rings is 1. The number of rotatable bonds is 10. The number of nitrogens with one attached hydrogen (secondary N) is 1. The molecule has 168 valence electrons. The number of hydrogen-bond acceptors (Lipinski definition) is 4. The van der Waals surface area contributed by atoms with Gasteiger partial charge in [0.05, 0.1) is 0 Å². The number of carbonyl (C=O) groups excluding carboxylic acids is 1. The fourth-order valence-corrected chi connectivity index (χ4v) is 4.13. The van der Waals surface area contributed by atoms with Gasteiger partial charge in [-0.3, -0.25) is 9.59 Å². The topological polar surface area (TPSA) is 84.2 Å². The molecule has 3 aromatic rings. The molecule has 7 heteroatoms. The minimum Gasteiger partial charge on any atom is -0.480 e. The summed E-state index contributed by atoms with van der Waals surface area (Å²) in [6.07, 6.45) is 5.01. The Morgan fingerprint density at radius 3 is 2.38 bits per heavy atom. The number of anilines is 1. The summed E-state index contributed by atoms with van der Waals surface area (Å²) < 4.78 is 1.11. The number of hydrogen-bond donors (Lipinski definition) is 2. The molecule has 0 spiro atoms. The van der Waals surface area contributed by atoms with Crippen molar-refractivity contribution in [3.8, 4) is 11.4 Å². The summed E-state index contributed by atoms with van der Waals surface area (Å²) in [5.41, 5.74) is 1.98. The summed E-state index contributed by atoms with van der Waals surface area (Å²) in [5.74, 6) is -0.373. The second-order valence-electron chi connectivity index (χ2n) is 8.11. The van der Waals surface area contributed by atoms with Gasteiger partial charge in [0, 0.05) is 28.9 Å². The molecule has 1 amide bonds. The number of aromatic nitrogens is 2. The summed E-state index contributed by atoms with van der Waals surface area (Å²) in [6, 6.07) is 17.0. The number of carbonyl (C=O) groups is 2. The second kappa shape index (κ2) is 10.5. The van der Waals surface area contributed by atoms with Gasteiger partial charge in [0.2, 0.25) is 0 Å². The van der Waals surface area contributed by atoms with Crippen LogP contribution in [-0.2, 0) is 11.3 Å². The number of carboxylic acids is 1. The van der Waals surface area contributed by atoms with Gasteiger partial charge in [0.1, 0.15) is 16.3 Å². The molecule has 0 saturated carbocycles. The molecule has 0 unspecified atom stereocenters. The van der Waals surface area contributed by atoms with Crippen LogP contribution in [0.3, 0.4) is 0 Å². The van der Waals surface area contributed by atoms with Crippen LogP contribution in [0.2, 0.25) is 0 Å². The summed E-state index contributed by atoms with van der Waals surface area (Å²) in [4.78, 5) is 29.7. The number of carboxylic acid groups (broad SMARTS) is 1. The van der Waals surface area contributed by atoms with E-state index in [9.17, 15) is 14.7 Å². The number of nitrogens with zero attached hydrogens (tertiary/aromatic N) is 2. The van der Waals surface area contributed by atoms with Crippen LogP contribution in [0.15, 0.2) is 65.7 Å². The van der Waals surface area contributed by atoms with Gasteiger partial charge in [-0.1, -0.05) is 50.1 Å². The molecule has 0 aliphatic carbocycles. The lowest BCUT2D eigenvalue weighted by Gasteiger charge is -2.18. The monoisotopic (exact) mass is 451 g/mol. The number of unbranched alkanes of at least 4 members (excludes halogenated alkanes) is 2. The molecule has 0 aliphatic heterocycles. The van der Waals surface area contributed by atoms with Gasteiger partial charge in [0.25, 0.3) is 5.91 Å². The first-order chi connectivity index (χ1) is 15.3. The number of thioether (sulfide) groups is 1. The Morgan fingerprint density at radius 1 is 1.06 bits per heavy atom. The first-order valence-corrected chi connectivity index (χ1v) is 11.6. The van der Waals surface area contributed by atoms with Crippen molar-refractivity contribution in [3.05, 3.63) is 66.5 Å². The number of aryl methyl sites for hydroxylation is 1. The van der Waals surface area contributed by atoms with Gasteiger partial charge in [-0.2, -0.15) is 0 Å². The van der Waals surface area contributed by atoms with Gasteiger partial charge in [-0.15, -0.1) is 11.8 Å². The van der Waals surface area contributed by atoms with E-state index in [1.165, 1.54) is 11.8 Å². The van der Waals surface area contributed by atoms with Crippen molar-refractivity contribution in [1.82, 2.24) is 9.55 Å². The minimum absolute atomic E-state index is 0.248. The average Bonchev–Trinajstić information content (AvgIpc) is 3.19. The van der Waals surface area contributed by atoms with Crippen LogP contribution in [0, 0.1) is 0 Å². The number of amides is 1. The summed E-state index contributed by atoms with van der Waals surface area (Å²) >= 11 is 1.30. The molecule has 1 heterocycles. The van der Waals surface area contributed by atoms with Crippen molar-refractivity contribution in [2.45, 2.75) is 56.2 Å². The van der Waals surface area contributed by atoms with Gasteiger partial charge in [-0.05, 0) is 44.5 Å². The Balaban J connectivity index is 1.85. The van der Waals surface area contributed by atoms with E-state index in [0.29, 0.717) is 5.69 Å². The van der Waals surface area contributed by atoms with E-state index in [0.717, 1.165) is 47.8 Å². The third-order valence-electron chi connectivity index (χ3n) is 5.04. The number of benzene rings is 2. The van der Waals surface area contributed by atoms with E-state index in [1.807, 2.05) is 59.2 Å². The smallest absolute Gasteiger partial charge is 0.319 e. The Bertz CT molecular complexity index is 1060. The minimum atomic E-state index is -0.914. The van der Waals surface area contributed by atoms with Crippen molar-refractivity contribution in [2.75, 3.05) is 5.32 Å². The molecule has 0 saturated heterocycles. The molecule has 0 bridgehead atoms. The number of para-hydroxylation sites is 1. The van der Waals surface area contributed by atoms with Gasteiger partial charge in [-0.25, -0.2) is 4.98 Å². The molecule has 2 aromatic carbocycles. The first kappa shape index (κ1) is 23.6. The summed E-state index contributed by atoms with van der Waals surface area (Å²) in [6.45, 7) is 6.30. The lowest BCUT2D eigenvalue weighted by atomic mass is 10.2. The third kappa shape index (κ3) is 6.01. The maximum Gasteiger partial charge on any atom is 0.319 e. The first-order valence-electron chi connectivity index (χ1n) is 10.8. The standard InChI is InChI=1S/C25H29N3O3S/c1-4-5-9-16-28-17-21(23(29)26-19-10-7-6-8-11-19)27-22(28)18-12-14-20(15-13-18)32-25(2,3)24(30)31/h6-8,10-15,17H,4-5,9,16H2,1-3H3,(H,26,29)(H,30,31). The lowest BCUT2D eigenvalue weighted by Crippen LogP contribution is -2.26. The van der Waals surface area contributed by atoms with Crippen LogP contribution in [0.25, 0.3) is 11.4 Å². The molecule has 0 atom stereocenters. The van der Waals surface area contributed by atoms with E-state index in [4.69, 9.17) is 0 Å². The highest BCUT2D eigenvalue weighted by atomic mass is 32.2. The summed E-state index contributed by atoms with van der Waals surface area (Å²) in [5, 5.41) is 12.3. The van der Waals surface area contributed by atoms with Crippen molar-refractivity contribution in [2.24, 2.45) is 0 Å². The van der Waals surface area contributed by atoms with Gasteiger partial charge < -0.3 is 15.0 Å². The van der Waals surface area contributed by atoms with E-state index in [-0.39, 0.29) is 5.91 Å². The predicted octanol–water partition coefficient (Wildman–Crippen LogP) is 5.95. The quantitative estimate of drug-likeness (QED) is 0.294. The third-order valence-corrected chi connectivity index (χ3v) is 6.24. The number of aliphatic carboxylic acids is 1. The van der Waals surface area contributed by atoms with Crippen LogP contribution in [-0.4, -0.2) is 31.3 Å². The fourth-order valence-electron chi connectivity index (χ4n) is 3.19. The van der Waals surface area contributed by atoms with Crippen LogP contribution in [0.1, 0.15) is 50.5 Å². The highest BCUT2D eigenvalue weighted by Crippen LogP contribution is 2.34. The average molecular weight is 452 g/mol. The molecular weight excluding hydrogens is 422 g/mol. The van der Waals surface area contributed by atoms with Crippen molar-refractivity contribution < 1.29 is 14.7 Å². The highest BCUT2D eigenvalue weighted by Gasteiger charge is 2.28. The van der Waals surface area contributed by atoms with Crippen LogP contribution in [0.5, 0.6) is 0 Å². The molecule has 2 N–H and O–H groups in total. The van der Waals surface area contributed by atoms with Crippen molar-refractivity contribution in [1.29, 1.82) is 0 Å². The molecule has 3 rings (SSSR count). The zero-order valence-electron chi connectivity index (χ0n) is 18.7. The largest absolute Gasteiger partial charge is 0.480 e. The maximum atomic E-state index is 12.8. The van der Waals surface area contributed by atoms with E-state index in [1.54, 1.807) is 20.0 Å². The van der Waals surface area contributed by atoms with Crippen LogP contribution >= 0.6 is 11.8 Å². The zero-order chi connectivity index (χ0) is 23.1. The van der Waals surface area contributed by atoms with Crippen LogP contribution < -0.4 is 5.32 Å². The maximum absolute atomic E-state index is 12.8. The Hall–Kier alpha value is -3.06. The van der Waals surface area contributed by atoms with Gasteiger partial charge >= 0.3 is 5.97 Å². The van der Waals surface area contributed by atoms with Gasteiger partial charge in [0.15, 0.2) is 0 Å². The molecule has 1 aromatic heterocycles. The van der Waals surface area contributed by atoms with E-state index >= 15 is 0 Å². The van der Waals surface area contributed by atoms with Crippen LogP contribution in [0.4, 0.5) is 5.69 Å². The second-order valence-corrected chi connectivity index (χ2v) is 9.81. The normalized spacial score (nSPS) is 11.3. The lowest BCUT2D eigenvalue weighted by molar-refractivity contribution is -0.138. The molecule has 6 nitrogen and oxygen atoms in total. The van der Waals surface area contributed by atoms with Crippen molar-refractivity contribution in [3.63, 3.8) is 0 Å². The Kier molecular flexibility index (Phi) is 7.75. The molecule has 0 radical (unpaired) electrons. The van der Waals surface area contributed by atoms with E-state index in [2.05, 4.69) is 17.2 Å². The van der Waals surface area contributed by atoms with E-state index < -0.39 is 10.7 Å². The highest BCUT2D eigenvalue weighted by molar-refractivity contribution is 8.01.